The van der Waals surface area contributed by atoms with Crippen molar-refractivity contribution < 1.29 is 9.59 Å². The Balaban J connectivity index is 2.70. The minimum absolute atomic E-state index is 0.263. The van der Waals surface area contributed by atoms with Crippen molar-refractivity contribution in [2.24, 2.45) is 0 Å². The van der Waals surface area contributed by atoms with E-state index in [1.54, 1.807) is 31.2 Å². The summed E-state index contributed by atoms with van der Waals surface area (Å²) in [7, 11) is 0. The maximum atomic E-state index is 11.6. The van der Waals surface area contributed by atoms with Crippen LogP contribution in [0.2, 0.25) is 0 Å². The fourth-order valence-corrected chi connectivity index (χ4v) is 1.10. The number of nitrogen functional groups attached to an aromatic ring is 1. The van der Waals surface area contributed by atoms with Crippen LogP contribution in [0.5, 0.6) is 0 Å². The molecular formula is C11H13N3O2. The van der Waals surface area contributed by atoms with Gasteiger partial charge in [0.1, 0.15) is 0 Å². The summed E-state index contributed by atoms with van der Waals surface area (Å²) in [5, 5.41) is 4.50. The van der Waals surface area contributed by atoms with E-state index in [-0.39, 0.29) is 5.56 Å². The minimum atomic E-state index is -0.624. The van der Waals surface area contributed by atoms with Gasteiger partial charge in [-0.25, -0.2) is 4.79 Å². The molecule has 5 heteroatoms. The second-order valence-electron chi connectivity index (χ2n) is 3.28. The number of carbonyl (C=O) groups excluding carboxylic acids is 2. The molecule has 0 aliphatic rings. The zero-order valence-corrected chi connectivity index (χ0v) is 8.91. The molecule has 0 fully saturated rings. The highest BCUT2D eigenvalue weighted by atomic mass is 16.2. The lowest BCUT2D eigenvalue weighted by Gasteiger charge is -2.07. The number of amides is 3. The van der Waals surface area contributed by atoms with E-state index in [1.807, 2.05) is 0 Å². The molecule has 0 spiro atoms. The Morgan fingerprint density at radius 3 is 2.44 bits per heavy atom. The highest BCUT2D eigenvalue weighted by Gasteiger charge is 2.11. The third-order valence-electron chi connectivity index (χ3n) is 1.76. The molecular weight excluding hydrogens is 206 g/mol. The first kappa shape index (κ1) is 11.8. The average Bonchev–Trinajstić information content (AvgIpc) is 2.16. The van der Waals surface area contributed by atoms with Crippen molar-refractivity contribution in [1.82, 2.24) is 10.6 Å². The predicted molar refractivity (Wildman–Crippen MR) is 61.7 cm³/mol. The molecule has 0 unspecified atom stereocenters. The molecule has 0 aliphatic carbocycles. The topological polar surface area (TPSA) is 84.2 Å². The Kier molecular flexibility index (Phi) is 3.66. The van der Waals surface area contributed by atoms with Crippen molar-refractivity contribution >= 4 is 17.6 Å². The monoisotopic (exact) mass is 219 g/mol. The molecule has 1 aromatic rings. The molecule has 4 N–H and O–H groups in total. The van der Waals surface area contributed by atoms with Gasteiger partial charge in [0.2, 0.25) is 0 Å². The number of nitrogens with one attached hydrogen (secondary N) is 2. The second-order valence-corrected chi connectivity index (χ2v) is 3.28. The zero-order valence-electron chi connectivity index (χ0n) is 8.91. The van der Waals surface area contributed by atoms with Crippen LogP contribution in [-0.4, -0.2) is 11.9 Å². The van der Waals surface area contributed by atoms with Gasteiger partial charge in [0, 0.05) is 11.4 Å². The van der Waals surface area contributed by atoms with Crippen molar-refractivity contribution in [2.75, 3.05) is 5.73 Å². The van der Waals surface area contributed by atoms with Crippen molar-refractivity contribution in [2.45, 2.75) is 6.92 Å². The van der Waals surface area contributed by atoms with E-state index in [9.17, 15) is 9.59 Å². The maximum Gasteiger partial charge on any atom is 0.325 e. The fraction of sp³-hybridized carbons (Fsp3) is 0.0909. The Morgan fingerprint density at radius 2 is 1.88 bits per heavy atom. The summed E-state index contributed by atoms with van der Waals surface area (Å²) in [5.41, 5.74) is 6.62. The standard InChI is InChI=1S/C11H13N3O2/c1-7(2)13-11(16)14-10(15)8-5-3-4-6-9(8)12/h3-6H,1,12H2,2H3,(H2,13,14,15,16). The van der Waals surface area contributed by atoms with Gasteiger partial charge in [-0.15, -0.1) is 0 Å². The molecule has 0 saturated heterocycles. The van der Waals surface area contributed by atoms with Crippen LogP contribution in [0.1, 0.15) is 17.3 Å². The van der Waals surface area contributed by atoms with Gasteiger partial charge in [-0.3, -0.25) is 10.1 Å². The number of nitrogens with two attached hydrogens (primary N) is 1. The quantitative estimate of drug-likeness (QED) is 0.654. The number of carbonyl (C=O) groups is 2. The molecule has 0 aromatic heterocycles. The number of hydrogen-bond donors (Lipinski definition) is 3. The van der Waals surface area contributed by atoms with E-state index >= 15 is 0 Å². The van der Waals surface area contributed by atoms with Gasteiger partial charge < -0.3 is 11.1 Å². The lowest BCUT2D eigenvalue weighted by molar-refractivity contribution is 0.0965. The summed E-state index contributed by atoms with van der Waals surface area (Å²) in [4.78, 5) is 22.8. The van der Waals surface area contributed by atoms with Gasteiger partial charge in [-0.1, -0.05) is 18.7 Å². The average molecular weight is 219 g/mol. The van der Waals surface area contributed by atoms with E-state index in [0.29, 0.717) is 11.4 Å². The molecule has 0 heterocycles. The van der Waals surface area contributed by atoms with E-state index in [4.69, 9.17) is 5.73 Å². The Morgan fingerprint density at radius 1 is 1.25 bits per heavy atom. The smallest absolute Gasteiger partial charge is 0.325 e. The lowest BCUT2D eigenvalue weighted by atomic mass is 10.2. The number of benzene rings is 1. The first-order valence-corrected chi connectivity index (χ1v) is 4.63. The van der Waals surface area contributed by atoms with E-state index in [1.165, 1.54) is 0 Å². The number of urea groups is 1. The number of para-hydroxylation sites is 1. The molecule has 0 radical (unpaired) electrons. The normalized spacial score (nSPS) is 9.31. The number of allylic oxidation sites excluding steroid dienone is 1. The summed E-state index contributed by atoms with van der Waals surface area (Å²) in [5.74, 6) is -0.545. The molecule has 84 valence electrons. The molecule has 16 heavy (non-hydrogen) atoms. The molecule has 1 aromatic carbocycles. The van der Waals surface area contributed by atoms with Crippen LogP contribution in [0, 0.1) is 0 Å². The van der Waals surface area contributed by atoms with Crippen LogP contribution < -0.4 is 16.4 Å². The SMILES string of the molecule is C=C(C)NC(=O)NC(=O)c1ccccc1N. The van der Waals surface area contributed by atoms with Crippen LogP contribution in [0.3, 0.4) is 0 Å². The van der Waals surface area contributed by atoms with Crippen LogP contribution in [-0.2, 0) is 0 Å². The predicted octanol–water partition coefficient (Wildman–Crippen LogP) is 1.24. The Hall–Kier alpha value is -2.30. The van der Waals surface area contributed by atoms with Gasteiger partial charge in [-0.05, 0) is 19.1 Å². The summed E-state index contributed by atoms with van der Waals surface area (Å²) >= 11 is 0. The minimum Gasteiger partial charge on any atom is -0.398 e. The molecule has 0 saturated carbocycles. The highest BCUT2D eigenvalue weighted by molar-refractivity contribution is 6.07. The maximum absolute atomic E-state index is 11.6. The van der Waals surface area contributed by atoms with E-state index < -0.39 is 11.9 Å². The first-order valence-electron chi connectivity index (χ1n) is 4.63. The lowest BCUT2D eigenvalue weighted by Crippen LogP contribution is -2.38. The zero-order chi connectivity index (χ0) is 12.1. The molecule has 0 atom stereocenters. The fourth-order valence-electron chi connectivity index (χ4n) is 1.10. The molecule has 5 nitrogen and oxygen atoms in total. The van der Waals surface area contributed by atoms with Gasteiger partial charge in [0.25, 0.3) is 5.91 Å². The first-order chi connectivity index (χ1) is 7.50. The summed E-state index contributed by atoms with van der Waals surface area (Å²) in [6.45, 7) is 5.10. The van der Waals surface area contributed by atoms with Crippen molar-refractivity contribution in [3.63, 3.8) is 0 Å². The van der Waals surface area contributed by atoms with E-state index in [2.05, 4.69) is 17.2 Å². The Bertz CT molecular complexity index is 441. The van der Waals surface area contributed by atoms with Gasteiger partial charge >= 0.3 is 6.03 Å². The second kappa shape index (κ2) is 4.97. The van der Waals surface area contributed by atoms with Gasteiger partial charge in [0.15, 0.2) is 0 Å². The number of imide groups is 1. The summed E-state index contributed by atoms with van der Waals surface area (Å²) < 4.78 is 0. The third-order valence-corrected chi connectivity index (χ3v) is 1.76. The van der Waals surface area contributed by atoms with E-state index in [0.717, 1.165) is 0 Å². The van der Waals surface area contributed by atoms with Crippen molar-refractivity contribution in [3.05, 3.63) is 42.1 Å². The summed E-state index contributed by atoms with van der Waals surface area (Å²) in [6.07, 6.45) is 0. The van der Waals surface area contributed by atoms with Crippen LogP contribution in [0.25, 0.3) is 0 Å². The van der Waals surface area contributed by atoms with Crippen LogP contribution >= 0.6 is 0 Å². The van der Waals surface area contributed by atoms with Crippen molar-refractivity contribution in [1.29, 1.82) is 0 Å². The third kappa shape index (κ3) is 3.13. The molecule has 0 aliphatic heterocycles. The molecule has 3 amide bonds. The molecule has 0 bridgehead atoms. The number of hydrogen-bond acceptors (Lipinski definition) is 3. The largest absolute Gasteiger partial charge is 0.398 e. The van der Waals surface area contributed by atoms with Gasteiger partial charge in [-0.2, -0.15) is 0 Å². The highest BCUT2D eigenvalue weighted by Crippen LogP contribution is 2.09. The van der Waals surface area contributed by atoms with Crippen molar-refractivity contribution in [3.8, 4) is 0 Å². The van der Waals surface area contributed by atoms with Crippen LogP contribution in [0.4, 0.5) is 10.5 Å². The van der Waals surface area contributed by atoms with Crippen LogP contribution in [0.15, 0.2) is 36.5 Å². The summed E-state index contributed by atoms with van der Waals surface area (Å²) in [6, 6.07) is 5.88. The number of anilines is 1. The molecule has 1 rings (SSSR count). The van der Waals surface area contributed by atoms with Gasteiger partial charge in [0.05, 0.1) is 5.56 Å². The number of rotatable bonds is 2. The Labute approximate surface area is 93.3 Å².